The monoisotopic (exact) mass is 500 g/mol. The number of phenolic OH excluding ortho intramolecular Hbond substituents is 3. The molecule has 0 aliphatic heterocycles. The minimum Gasteiger partial charge on any atom is -0.507 e. The molecule has 0 radical (unpaired) electrons. The summed E-state index contributed by atoms with van der Waals surface area (Å²) in [6.45, 7) is 4.90. The number of nitrogens with one attached hydrogen (secondary N) is 1. The third kappa shape index (κ3) is 3.44. The van der Waals surface area contributed by atoms with Gasteiger partial charge in [-0.05, 0) is 26.8 Å². The molecule has 2 aliphatic carbocycles. The van der Waals surface area contributed by atoms with E-state index in [0.717, 1.165) is 6.07 Å². The fourth-order valence-corrected chi connectivity index (χ4v) is 4.92. The summed E-state index contributed by atoms with van der Waals surface area (Å²) in [5, 5.41) is 45.9. The van der Waals surface area contributed by atoms with Crippen LogP contribution in [0.15, 0.2) is 18.2 Å². The summed E-state index contributed by atoms with van der Waals surface area (Å²) in [5.41, 5.74) is -0.0161. The van der Waals surface area contributed by atoms with E-state index in [9.17, 15) is 44.4 Å². The fourth-order valence-electron chi connectivity index (χ4n) is 4.92. The molecule has 2 aromatic rings. The van der Waals surface area contributed by atoms with Crippen molar-refractivity contribution in [2.75, 3.05) is 0 Å². The van der Waals surface area contributed by atoms with E-state index in [1.807, 2.05) is 0 Å². The van der Waals surface area contributed by atoms with Crippen LogP contribution >= 0.6 is 0 Å². The lowest BCUT2D eigenvalue weighted by Gasteiger charge is -2.46. The van der Waals surface area contributed by atoms with Gasteiger partial charge in [0.15, 0.2) is 23.1 Å². The van der Waals surface area contributed by atoms with E-state index in [0.29, 0.717) is 0 Å². The van der Waals surface area contributed by atoms with Crippen LogP contribution in [0.1, 0.15) is 49.2 Å². The number of hydrogen-bond donors (Lipinski definition) is 6. The van der Waals surface area contributed by atoms with Crippen LogP contribution in [-0.4, -0.2) is 60.9 Å². The highest BCUT2D eigenvalue weighted by atomic mass is 16.6. The number of nitrogens with two attached hydrogens (primary N) is 1. The Morgan fingerprint density at radius 1 is 1.11 bits per heavy atom. The number of phenols is 3. The number of aromatic hydroxyl groups is 3. The number of fused-ring (bicyclic) bond motifs is 3. The van der Waals surface area contributed by atoms with Crippen LogP contribution in [0.3, 0.4) is 0 Å². The number of ether oxygens (including phenoxy) is 1. The molecule has 4 atom stereocenters. The number of rotatable bonds is 2. The molecule has 0 spiro atoms. The number of carbonyl (C=O) groups is 5. The molecule has 7 N–H and O–H groups in total. The number of alkyl carbamates (subject to hydrolysis) is 1. The topological polar surface area (TPSA) is 214 Å². The van der Waals surface area contributed by atoms with E-state index in [1.165, 1.54) is 12.1 Å². The SMILES string of the molecule is CC(C)(C)NC(=O)O[C@H]1c2c(c(O)c3c(O)cccc3c2O)C(=O)[C@]2(O)C(=O)C(C(N)=O)C(=O)C[C@H]12. The highest BCUT2D eigenvalue weighted by Gasteiger charge is 2.66. The molecule has 190 valence electrons. The average Bonchev–Trinajstić information content (AvgIpc) is 2.74. The molecule has 2 aromatic carbocycles. The quantitative estimate of drug-likeness (QED) is 0.251. The van der Waals surface area contributed by atoms with Crippen molar-refractivity contribution in [3.63, 3.8) is 0 Å². The molecule has 4 rings (SSSR count). The van der Waals surface area contributed by atoms with Crippen molar-refractivity contribution in [1.29, 1.82) is 0 Å². The third-order valence-corrected chi connectivity index (χ3v) is 6.43. The largest absolute Gasteiger partial charge is 0.507 e. The summed E-state index contributed by atoms with van der Waals surface area (Å²) in [7, 11) is 0. The van der Waals surface area contributed by atoms with Gasteiger partial charge in [-0.2, -0.15) is 0 Å². The standard InChI is InChI=1S/C24H24N2O10/c1-23(2,3)26-22(34)36-18-9-7-11(28)13(21(25)33)19(31)24(9,35)20(32)15-14(18)16(29)8-5-4-6-10(27)12(8)17(15)30/h4-6,9,13,18,27,29-30,35H,7H2,1-3H3,(H2,25,33)(H,26,34)/t9-,13?,18-,24-/m1/s1. The Balaban J connectivity index is 2.04. The first kappa shape index (κ1) is 24.9. The maximum absolute atomic E-state index is 13.6. The molecule has 36 heavy (non-hydrogen) atoms. The third-order valence-electron chi connectivity index (χ3n) is 6.43. The molecule has 0 saturated heterocycles. The van der Waals surface area contributed by atoms with E-state index in [-0.39, 0.29) is 10.8 Å². The first-order chi connectivity index (χ1) is 16.6. The Morgan fingerprint density at radius 2 is 1.75 bits per heavy atom. The number of carbonyl (C=O) groups excluding carboxylic acids is 5. The smallest absolute Gasteiger partial charge is 0.408 e. The zero-order valence-corrected chi connectivity index (χ0v) is 19.5. The van der Waals surface area contributed by atoms with Crippen molar-refractivity contribution in [2.45, 2.75) is 44.4 Å². The van der Waals surface area contributed by atoms with Crippen molar-refractivity contribution >= 4 is 40.1 Å². The maximum Gasteiger partial charge on any atom is 0.408 e. The van der Waals surface area contributed by atoms with Gasteiger partial charge in [-0.1, -0.05) is 12.1 Å². The van der Waals surface area contributed by atoms with Crippen molar-refractivity contribution in [2.24, 2.45) is 17.6 Å². The minimum absolute atomic E-state index is 0.127. The van der Waals surface area contributed by atoms with Gasteiger partial charge < -0.3 is 36.2 Å². The Labute approximate surface area is 203 Å². The predicted octanol–water partition coefficient (Wildman–Crippen LogP) is 0.709. The van der Waals surface area contributed by atoms with Gasteiger partial charge in [0.25, 0.3) is 0 Å². The van der Waals surface area contributed by atoms with Gasteiger partial charge >= 0.3 is 6.09 Å². The molecule has 1 unspecified atom stereocenters. The van der Waals surface area contributed by atoms with Crippen LogP contribution in [0.25, 0.3) is 10.8 Å². The number of primary amides is 1. The van der Waals surface area contributed by atoms with Crippen molar-refractivity contribution in [3.05, 3.63) is 29.3 Å². The van der Waals surface area contributed by atoms with Crippen molar-refractivity contribution in [1.82, 2.24) is 5.32 Å². The van der Waals surface area contributed by atoms with Crippen LogP contribution in [0.5, 0.6) is 17.2 Å². The number of benzene rings is 2. The predicted molar refractivity (Wildman–Crippen MR) is 121 cm³/mol. The molecule has 12 heteroatoms. The normalized spacial score (nSPS) is 25.8. The highest BCUT2D eigenvalue weighted by Crippen LogP contribution is 2.56. The number of aliphatic hydroxyl groups is 1. The molecule has 0 heterocycles. The first-order valence-electron chi connectivity index (χ1n) is 10.9. The van der Waals surface area contributed by atoms with Crippen LogP contribution in [-0.2, 0) is 19.1 Å². The number of Topliss-reactive ketones (excluding diaryl/α,β-unsaturated/α-hetero) is 3. The number of amides is 2. The molecule has 1 fully saturated rings. The summed E-state index contributed by atoms with van der Waals surface area (Å²) in [6.07, 6.45) is -3.67. The van der Waals surface area contributed by atoms with Gasteiger partial charge in [-0.25, -0.2) is 4.79 Å². The minimum atomic E-state index is -3.12. The summed E-state index contributed by atoms with van der Waals surface area (Å²) in [5.74, 6) is -11.4. The molecule has 2 aliphatic rings. The second-order valence-corrected chi connectivity index (χ2v) is 9.96. The van der Waals surface area contributed by atoms with E-state index in [4.69, 9.17) is 10.5 Å². The lowest BCUT2D eigenvalue weighted by Crippen LogP contribution is -2.66. The van der Waals surface area contributed by atoms with Crippen LogP contribution < -0.4 is 11.1 Å². The molecule has 0 aromatic heterocycles. The van der Waals surface area contributed by atoms with E-state index in [1.54, 1.807) is 20.8 Å². The fraction of sp³-hybridized carbons (Fsp3) is 0.375. The Bertz CT molecular complexity index is 1380. The van der Waals surface area contributed by atoms with Crippen LogP contribution in [0, 0.1) is 11.8 Å². The lowest BCUT2D eigenvalue weighted by molar-refractivity contribution is -0.163. The molecule has 2 amide bonds. The summed E-state index contributed by atoms with van der Waals surface area (Å²) in [6, 6.07) is 3.82. The zero-order chi connectivity index (χ0) is 26.9. The molecular formula is C24H24N2O10. The summed E-state index contributed by atoms with van der Waals surface area (Å²) < 4.78 is 5.47. The highest BCUT2D eigenvalue weighted by molar-refractivity contribution is 6.32. The Kier molecular flexibility index (Phi) is 5.48. The Morgan fingerprint density at radius 3 is 2.33 bits per heavy atom. The molecule has 0 bridgehead atoms. The first-order valence-corrected chi connectivity index (χ1v) is 10.9. The lowest BCUT2D eigenvalue weighted by atomic mass is 9.59. The molecular weight excluding hydrogens is 476 g/mol. The van der Waals surface area contributed by atoms with Crippen molar-refractivity contribution < 1.29 is 49.1 Å². The molecule has 1 saturated carbocycles. The van der Waals surface area contributed by atoms with E-state index < -0.39 is 93.2 Å². The maximum atomic E-state index is 13.6. The zero-order valence-electron chi connectivity index (χ0n) is 19.5. The van der Waals surface area contributed by atoms with Crippen LogP contribution in [0.2, 0.25) is 0 Å². The van der Waals surface area contributed by atoms with Gasteiger partial charge in [0.05, 0.1) is 22.4 Å². The Hall–Kier alpha value is -4.19. The second-order valence-electron chi connectivity index (χ2n) is 9.96. The summed E-state index contributed by atoms with van der Waals surface area (Å²) >= 11 is 0. The average molecular weight is 500 g/mol. The molecule has 12 nitrogen and oxygen atoms in total. The number of hydrogen-bond acceptors (Lipinski definition) is 10. The van der Waals surface area contributed by atoms with Gasteiger partial charge in [-0.15, -0.1) is 0 Å². The summed E-state index contributed by atoms with van der Waals surface area (Å²) in [4.78, 5) is 64.0. The van der Waals surface area contributed by atoms with Gasteiger partial charge in [0, 0.05) is 17.3 Å². The van der Waals surface area contributed by atoms with Gasteiger partial charge in [-0.3, -0.25) is 19.2 Å². The van der Waals surface area contributed by atoms with E-state index >= 15 is 0 Å². The van der Waals surface area contributed by atoms with Crippen molar-refractivity contribution in [3.8, 4) is 17.2 Å². The second kappa shape index (κ2) is 7.92. The van der Waals surface area contributed by atoms with Gasteiger partial charge in [0.1, 0.15) is 23.4 Å². The number of ketones is 3. The van der Waals surface area contributed by atoms with Gasteiger partial charge in [0.2, 0.25) is 11.7 Å². The van der Waals surface area contributed by atoms with Crippen LogP contribution in [0.4, 0.5) is 4.79 Å². The van der Waals surface area contributed by atoms with E-state index in [2.05, 4.69) is 5.32 Å².